The molecule has 9 nitrogen and oxygen atoms in total. The molecule has 0 aromatic carbocycles. The molecule has 31 heavy (non-hydrogen) atoms. The number of hydrogen-bond acceptors (Lipinski definition) is 6. The Morgan fingerprint density at radius 1 is 1.10 bits per heavy atom. The van der Waals surface area contributed by atoms with Gasteiger partial charge in [0.25, 0.3) is 5.56 Å². The number of rotatable bonds is 8. The zero-order valence-corrected chi connectivity index (χ0v) is 19.3. The first-order chi connectivity index (χ1) is 14.7. The van der Waals surface area contributed by atoms with Crippen LogP contribution < -0.4 is 11.2 Å². The number of aromatic nitrogens is 4. The van der Waals surface area contributed by atoms with Crippen molar-refractivity contribution in [2.24, 2.45) is 5.41 Å². The average molecular weight is 435 g/mol. The summed E-state index contributed by atoms with van der Waals surface area (Å²) in [5.41, 5.74) is -0.780. The summed E-state index contributed by atoms with van der Waals surface area (Å²) in [5.74, 6) is 0.547. The quantitative estimate of drug-likeness (QED) is 0.593. The highest BCUT2D eigenvalue weighted by atomic mass is 16.5. The Labute approximate surface area is 182 Å². The molecule has 0 atom stereocenters. The minimum atomic E-state index is -0.660. The molecule has 0 amide bonds. The van der Waals surface area contributed by atoms with Gasteiger partial charge in [-0.05, 0) is 40.0 Å². The molecule has 172 valence electrons. The summed E-state index contributed by atoms with van der Waals surface area (Å²) < 4.78 is 15.2. The fraction of sp³-hybridized carbons (Fsp3) is 0.727. The van der Waals surface area contributed by atoms with Crippen molar-refractivity contribution in [2.45, 2.75) is 85.5 Å². The van der Waals surface area contributed by atoms with Gasteiger partial charge in [0.1, 0.15) is 5.82 Å². The number of imidazole rings is 1. The molecule has 1 saturated carbocycles. The number of nitrogens with zero attached hydrogens (tertiary/aromatic N) is 4. The first kappa shape index (κ1) is 23.2. The Bertz CT molecular complexity index is 1050. The number of fused-ring (bicyclic) bond motifs is 1. The molecular weight excluding hydrogens is 400 g/mol. The normalized spacial score (nSPS) is 15.1. The Balaban J connectivity index is 2.23. The largest absolute Gasteiger partial charge is 0.443 e. The molecule has 0 radical (unpaired) electrons. The second-order valence-electron chi connectivity index (χ2n) is 9.25. The van der Waals surface area contributed by atoms with E-state index in [2.05, 4.69) is 0 Å². The number of aryl methyl sites for hydroxylation is 1. The van der Waals surface area contributed by atoms with Crippen molar-refractivity contribution in [3.8, 4) is 0 Å². The Hall–Kier alpha value is -2.42. The number of carbonyl (C=O) groups excluding carboxylic acids is 1. The molecule has 0 aliphatic heterocycles. The molecule has 0 N–H and O–H groups in total. The van der Waals surface area contributed by atoms with Crippen LogP contribution in [0.4, 0.5) is 0 Å². The zero-order chi connectivity index (χ0) is 22.8. The van der Waals surface area contributed by atoms with Crippen LogP contribution in [-0.4, -0.2) is 38.4 Å². The molecule has 2 aromatic rings. The molecule has 0 saturated heterocycles. The van der Waals surface area contributed by atoms with E-state index in [0.29, 0.717) is 17.7 Å². The smallest absolute Gasteiger partial charge is 0.332 e. The van der Waals surface area contributed by atoms with Gasteiger partial charge in [-0.3, -0.25) is 23.3 Å². The molecular formula is C22H34N4O5. The lowest BCUT2D eigenvalue weighted by Gasteiger charge is -2.19. The zero-order valence-electron chi connectivity index (χ0n) is 19.3. The summed E-state index contributed by atoms with van der Waals surface area (Å²) in [5, 5.41) is 0. The van der Waals surface area contributed by atoms with Crippen LogP contribution in [0.1, 0.15) is 71.5 Å². The van der Waals surface area contributed by atoms with Crippen molar-refractivity contribution < 1.29 is 14.3 Å². The van der Waals surface area contributed by atoms with Gasteiger partial charge in [-0.15, -0.1) is 0 Å². The molecule has 0 spiro atoms. The van der Waals surface area contributed by atoms with Crippen LogP contribution in [0.25, 0.3) is 11.2 Å². The maximum absolute atomic E-state index is 13.4. The monoisotopic (exact) mass is 434 g/mol. The third kappa shape index (κ3) is 4.61. The van der Waals surface area contributed by atoms with E-state index in [4.69, 9.17) is 14.5 Å². The summed E-state index contributed by atoms with van der Waals surface area (Å²) in [6.45, 7) is 8.09. The molecule has 1 aliphatic carbocycles. The minimum Gasteiger partial charge on any atom is -0.443 e. The topological polar surface area (TPSA) is 97.4 Å². The number of hydrogen-bond donors (Lipinski definition) is 0. The average Bonchev–Trinajstić information content (AvgIpc) is 3.36. The van der Waals surface area contributed by atoms with E-state index in [0.717, 1.165) is 37.9 Å². The van der Waals surface area contributed by atoms with Crippen molar-refractivity contribution in [1.82, 2.24) is 18.7 Å². The van der Waals surface area contributed by atoms with Gasteiger partial charge in [0.05, 0.1) is 18.6 Å². The molecule has 2 aromatic heterocycles. The van der Waals surface area contributed by atoms with Gasteiger partial charge < -0.3 is 9.47 Å². The van der Waals surface area contributed by atoms with Crippen molar-refractivity contribution in [2.75, 3.05) is 13.7 Å². The highest BCUT2D eigenvalue weighted by Crippen LogP contribution is 2.34. The highest BCUT2D eigenvalue weighted by Gasteiger charge is 2.29. The van der Waals surface area contributed by atoms with Gasteiger partial charge in [-0.1, -0.05) is 19.8 Å². The van der Waals surface area contributed by atoms with Gasteiger partial charge in [-0.25, -0.2) is 9.78 Å². The highest BCUT2D eigenvalue weighted by molar-refractivity contribution is 5.75. The predicted octanol–water partition coefficient (Wildman–Crippen LogP) is 2.62. The molecule has 3 rings (SSSR count). The SMILES string of the molecule is CCCn1c(=O)n(CCOC)c(=O)c2c1nc(C1CCCC1)n2COC(=O)C(C)(C)C. The lowest BCUT2D eigenvalue weighted by atomic mass is 9.98. The van der Waals surface area contributed by atoms with E-state index in [1.807, 2.05) is 6.92 Å². The summed E-state index contributed by atoms with van der Waals surface area (Å²) in [6, 6.07) is 0. The van der Waals surface area contributed by atoms with Crippen molar-refractivity contribution in [3.05, 3.63) is 26.7 Å². The number of carbonyl (C=O) groups is 1. The standard InChI is InChI=1S/C22H34N4O5/c1-6-11-24-18-16(19(27)25(21(24)29)12-13-30-5)26(14-31-20(28)22(2,3)4)17(23-18)15-9-7-8-10-15/h15H,6-14H2,1-5H3. The molecule has 0 bridgehead atoms. The third-order valence-corrected chi connectivity index (χ3v) is 5.77. The molecule has 1 aliphatic rings. The van der Waals surface area contributed by atoms with Gasteiger partial charge in [-0.2, -0.15) is 0 Å². The first-order valence-electron chi connectivity index (χ1n) is 11.1. The first-order valence-corrected chi connectivity index (χ1v) is 11.1. The predicted molar refractivity (Wildman–Crippen MR) is 117 cm³/mol. The van der Waals surface area contributed by atoms with Crippen LogP contribution in [0.3, 0.4) is 0 Å². The van der Waals surface area contributed by atoms with Gasteiger partial charge >= 0.3 is 11.7 Å². The van der Waals surface area contributed by atoms with E-state index in [9.17, 15) is 14.4 Å². The van der Waals surface area contributed by atoms with Crippen LogP contribution in [0.15, 0.2) is 9.59 Å². The fourth-order valence-electron chi connectivity index (χ4n) is 4.08. The van der Waals surface area contributed by atoms with Crippen LogP contribution in [0.5, 0.6) is 0 Å². The molecule has 1 fully saturated rings. The van der Waals surface area contributed by atoms with E-state index in [-0.39, 0.29) is 37.5 Å². The Morgan fingerprint density at radius 3 is 2.35 bits per heavy atom. The lowest BCUT2D eigenvalue weighted by Crippen LogP contribution is -2.41. The third-order valence-electron chi connectivity index (χ3n) is 5.77. The van der Waals surface area contributed by atoms with Crippen molar-refractivity contribution >= 4 is 17.1 Å². The lowest BCUT2D eigenvalue weighted by molar-refractivity contribution is -0.156. The Morgan fingerprint density at radius 2 is 1.77 bits per heavy atom. The summed E-state index contributed by atoms with van der Waals surface area (Å²) in [7, 11) is 1.53. The van der Waals surface area contributed by atoms with Gasteiger partial charge in [0.2, 0.25) is 0 Å². The van der Waals surface area contributed by atoms with Gasteiger partial charge in [0, 0.05) is 19.6 Å². The van der Waals surface area contributed by atoms with Gasteiger partial charge in [0.15, 0.2) is 17.9 Å². The van der Waals surface area contributed by atoms with E-state index >= 15 is 0 Å². The van der Waals surface area contributed by atoms with Crippen LogP contribution in [0, 0.1) is 5.41 Å². The summed E-state index contributed by atoms with van der Waals surface area (Å²) in [4.78, 5) is 43.7. The fourth-order valence-corrected chi connectivity index (χ4v) is 4.08. The van der Waals surface area contributed by atoms with E-state index in [1.54, 1.807) is 29.9 Å². The molecule has 9 heteroatoms. The molecule has 2 heterocycles. The van der Waals surface area contributed by atoms with E-state index < -0.39 is 11.0 Å². The number of ether oxygens (including phenoxy) is 2. The maximum atomic E-state index is 13.4. The number of esters is 1. The maximum Gasteiger partial charge on any atom is 0.332 e. The van der Waals surface area contributed by atoms with Crippen molar-refractivity contribution in [1.29, 1.82) is 0 Å². The second kappa shape index (κ2) is 9.38. The molecule has 0 unspecified atom stereocenters. The van der Waals surface area contributed by atoms with E-state index in [1.165, 1.54) is 11.7 Å². The van der Waals surface area contributed by atoms with Crippen molar-refractivity contribution in [3.63, 3.8) is 0 Å². The Kier molecular flexibility index (Phi) is 7.03. The second-order valence-corrected chi connectivity index (χ2v) is 9.25. The van der Waals surface area contributed by atoms with Crippen LogP contribution in [0.2, 0.25) is 0 Å². The summed E-state index contributed by atoms with van der Waals surface area (Å²) in [6.07, 6.45) is 4.84. The van der Waals surface area contributed by atoms with Crippen LogP contribution >= 0.6 is 0 Å². The minimum absolute atomic E-state index is 0.0950. The van der Waals surface area contributed by atoms with Crippen LogP contribution in [-0.2, 0) is 34.1 Å². The summed E-state index contributed by atoms with van der Waals surface area (Å²) >= 11 is 0. The number of methoxy groups -OCH3 is 1.